The van der Waals surface area contributed by atoms with Crippen molar-refractivity contribution >= 4 is 0 Å². The molecule has 0 aliphatic carbocycles. The van der Waals surface area contributed by atoms with Gasteiger partial charge in [0.15, 0.2) is 0 Å². The van der Waals surface area contributed by atoms with Gasteiger partial charge in [-0.15, -0.1) is 5.10 Å². The molecule has 96 valence electrons. The highest BCUT2D eigenvalue weighted by Gasteiger charge is 2.11. The maximum absolute atomic E-state index is 5.73. The summed E-state index contributed by atoms with van der Waals surface area (Å²) >= 11 is 0. The molecule has 2 N–H and O–H groups in total. The van der Waals surface area contributed by atoms with E-state index in [-0.39, 0.29) is 0 Å². The number of unbranched alkanes of at least 4 members (excludes halogenated alkanes) is 1. The van der Waals surface area contributed by atoms with Gasteiger partial charge in [-0.25, -0.2) is 4.68 Å². The summed E-state index contributed by atoms with van der Waals surface area (Å²) < 4.78 is 2.00. The second-order valence-corrected chi connectivity index (χ2v) is 4.43. The average Bonchev–Trinajstić information content (AvgIpc) is 2.80. The number of nitrogens with zero attached hydrogens (tertiary/aromatic N) is 3. The second kappa shape index (κ2) is 6.31. The van der Waals surface area contributed by atoms with Crippen LogP contribution in [0.1, 0.15) is 36.7 Å². The van der Waals surface area contributed by atoms with Gasteiger partial charge in [-0.1, -0.05) is 48.9 Å². The molecule has 18 heavy (non-hydrogen) atoms. The summed E-state index contributed by atoms with van der Waals surface area (Å²) in [6, 6.07) is 10.4. The fraction of sp³-hybridized carbons (Fsp3) is 0.429. The monoisotopic (exact) mass is 244 g/mol. The Balaban J connectivity index is 2.21. The van der Waals surface area contributed by atoms with Gasteiger partial charge < -0.3 is 5.73 Å². The van der Waals surface area contributed by atoms with E-state index in [9.17, 15) is 0 Å². The van der Waals surface area contributed by atoms with Crippen LogP contribution in [0.4, 0.5) is 0 Å². The third-order valence-electron chi connectivity index (χ3n) is 3.05. The second-order valence-electron chi connectivity index (χ2n) is 4.43. The molecule has 4 nitrogen and oxygen atoms in total. The van der Waals surface area contributed by atoms with E-state index in [2.05, 4.69) is 41.5 Å². The minimum absolute atomic E-state index is 0.453. The number of rotatable bonds is 6. The Hall–Kier alpha value is -1.68. The van der Waals surface area contributed by atoms with Gasteiger partial charge in [0.25, 0.3) is 0 Å². The highest BCUT2D eigenvalue weighted by atomic mass is 15.4. The van der Waals surface area contributed by atoms with Crippen molar-refractivity contribution in [1.82, 2.24) is 15.0 Å². The van der Waals surface area contributed by atoms with E-state index >= 15 is 0 Å². The molecule has 0 amide bonds. The summed E-state index contributed by atoms with van der Waals surface area (Å²) in [6.45, 7) is 3.55. The first-order valence-corrected chi connectivity index (χ1v) is 6.50. The first-order chi connectivity index (χ1) is 8.85. The standard InChI is InChI=1S/C14H20N4/c1-2-3-9-18-14(13(11-15)16-17-18)10-12-7-5-4-6-8-12/h4-8H,2-3,9-11,15H2,1H3. The van der Waals surface area contributed by atoms with Crippen LogP contribution in [-0.4, -0.2) is 15.0 Å². The number of aryl methyl sites for hydroxylation is 1. The van der Waals surface area contributed by atoms with Gasteiger partial charge in [0, 0.05) is 19.5 Å². The van der Waals surface area contributed by atoms with Crippen molar-refractivity contribution in [2.24, 2.45) is 5.73 Å². The molecule has 0 saturated heterocycles. The average molecular weight is 244 g/mol. The molecule has 1 aromatic carbocycles. The molecule has 0 spiro atoms. The molecule has 0 aliphatic heterocycles. The van der Waals surface area contributed by atoms with E-state index in [0.29, 0.717) is 6.54 Å². The van der Waals surface area contributed by atoms with Gasteiger partial charge in [-0.05, 0) is 12.0 Å². The highest BCUT2D eigenvalue weighted by molar-refractivity contribution is 5.23. The molecule has 0 unspecified atom stereocenters. The Bertz CT molecular complexity index is 476. The van der Waals surface area contributed by atoms with Crippen molar-refractivity contribution in [3.05, 3.63) is 47.3 Å². The molecule has 1 aromatic heterocycles. The van der Waals surface area contributed by atoms with Gasteiger partial charge in [0.05, 0.1) is 11.4 Å². The summed E-state index contributed by atoms with van der Waals surface area (Å²) in [5.41, 5.74) is 9.06. The van der Waals surface area contributed by atoms with Crippen molar-refractivity contribution in [2.45, 2.75) is 39.3 Å². The van der Waals surface area contributed by atoms with Gasteiger partial charge >= 0.3 is 0 Å². The quantitative estimate of drug-likeness (QED) is 0.847. The molecule has 0 aliphatic rings. The number of hydrogen-bond donors (Lipinski definition) is 1. The van der Waals surface area contributed by atoms with Crippen LogP contribution < -0.4 is 5.73 Å². The van der Waals surface area contributed by atoms with E-state index < -0.39 is 0 Å². The predicted molar refractivity (Wildman–Crippen MR) is 72.1 cm³/mol. The molecule has 1 heterocycles. The van der Waals surface area contributed by atoms with Crippen molar-refractivity contribution in [1.29, 1.82) is 0 Å². The van der Waals surface area contributed by atoms with Gasteiger partial charge in [0.1, 0.15) is 0 Å². The van der Waals surface area contributed by atoms with E-state index in [1.807, 2.05) is 10.7 Å². The van der Waals surface area contributed by atoms with Gasteiger partial charge in [-0.3, -0.25) is 0 Å². The van der Waals surface area contributed by atoms with E-state index in [1.54, 1.807) is 0 Å². The number of aromatic nitrogens is 3. The summed E-state index contributed by atoms with van der Waals surface area (Å²) in [6.07, 6.45) is 3.13. The normalized spacial score (nSPS) is 10.8. The summed E-state index contributed by atoms with van der Waals surface area (Å²) in [5.74, 6) is 0. The Morgan fingerprint density at radius 2 is 2.00 bits per heavy atom. The number of benzene rings is 1. The number of hydrogen-bond acceptors (Lipinski definition) is 3. The smallest absolute Gasteiger partial charge is 0.0998 e. The van der Waals surface area contributed by atoms with Crippen LogP contribution in [0.25, 0.3) is 0 Å². The first kappa shape index (κ1) is 12.8. The zero-order chi connectivity index (χ0) is 12.8. The molecule has 0 saturated carbocycles. The molecule has 0 atom stereocenters. The maximum Gasteiger partial charge on any atom is 0.0998 e. The zero-order valence-electron chi connectivity index (χ0n) is 10.8. The molecule has 0 radical (unpaired) electrons. The van der Waals surface area contributed by atoms with Crippen molar-refractivity contribution in [3.8, 4) is 0 Å². The lowest BCUT2D eigenvalue weighted by atomic mass is 10.1. The Morgan fingerprint density at radius 3 is 2.67 bits per heavy atom. The Morgan fingerprint density at radius 1 is 1.22 bits per heavy atom. The lowest BCUT2D eigenvalue weighted by Crippen LogP contribution is -2.08. The minimum atomic E-state index is 0.453. The van der Waals surface area contributed by atoms with Gasteiger partial charge in [0.2, 0.25) is 0 Å². The summed E-state index contributed by atoms with van der Waals surface area (Å²) in [4.78, 5) is 0. The molecular formula is C14H20N4. The third kappa shape index (κ3) is 2.96. The van der Waals surface area contributed by atoms with Crippen LogP contribution in [0.15, 0.2) is 30.3 Å². The van der Waals surface area contributed by atoms with E-state index in [4.69, 9.17) is 5.73 Å². The third-order valence-corrected chi connectivity index (χ3v) is 3.05. The lowest BCUT2D eigenvalue weighted by Gasteiger charge is -2.07. The Labute approximate surface area is 108 Å². The van der Waals surface area contributed by atoms with E-state index in [1.165, 1.54) is 5.56 Å². The summed E-state index contributed by atoms with van der Waals surface area (Å²) in [5, 5.41) is 8.38. The fourth-order valence-corrected chi connectivity index (χ4v) is 2.00. The van der Waals surface area contributed by atoms with Gasteiger partial charge in [-0.2, -0.15) is 0 Å². The largest absolute Gasteiger partial charge is 0.325 e. The topological polar surface area (TPSA) is 56.7 Å². The predicted octanol–water partition coefficient (Wildman–Crippen LogP) is 2.13. The van der Waals surface area contributed by atoms with Crippen molar-refractivity contribution in [2.75, 3.05) is 0 Å². The highest BCUT2D eigenvalue weighted by Crippen LogP contribution is 2.13. The van der Waals surface area contributed by atoms with Crippen molar-refractivity contribution < 1.29 is 0 Å². The molecular weight excluding hydrogens is 224 g/mol. The van der Waals surface area contributed by atoms with Crippen molar-refractivity contribution in [3.63, 3.8) is 0 Å². The van der Waals surface area contributed by atoms with Crippen LogP contribution in [0.5, 0.6) is 0 Å². The fourth-order valence-electron chi connectivity index (χ4n) is 2.00. The first-order valence-electron chi connectivity index (χ1n) is 6.50. The van der Waals surface area contributed by atoms with Crippen LogP contribution in [0, 0.1) is 0 Å². The van der Waals surface area contributed by atoms with Crippen LogP contribution in [0.3, 0.4) is 0 Å². The molecule has 2 aromatic rings. The molecule has 2 rings (SSSR count). The lowest BCUT2D eigenvalue weighted by molar-refractivity contribution is 0.537. The molecule has 4 heteroatoms. The SMILES string of the molecule is CCCCn1nnc(CN)c1Cc1ccccc1. The van der Waals surface area contributed by atoms with Crippen LogP contribution in [0.2, 0.25) is 0 Å². The minimum Gasteiger partial charge on any atom is -0.325 e. The number of nitrogens with two attached hydrogens (primary N) is 1. The summed E-state index contributed by atoms with van der Waals surface area (Å²) in [7, 11) is 0. The van der Waals surface area contributed by atoms with E-state index in [0.717, 1.165) is 37.2 Å². The van der Waals surface area contributed by atoms with Crippen LogP contribution >= 0.6 is 0 Å². The molecule has 0 bridgehead atoms. The molecule has 0 fully saturated rings. The zero-order valence-corrected chi connectivity index (χ0v) is 10.8. The Kier molecular flexibility index (Phi) is 4.47. The maximum atomic E-state index is 5.73. The van der Waals surface area contributed by atoms with Crippen LogP contribution in [-0.2, 0) is 19.5 Å².